The molecule has 0 unspecified atom stereocenters. The maximum Gasteiger partial charge on any atom is 0.278 e. The maximum atomic E-state index is 12.6. The summed E-state index contributed by atoms with van der Waals surface area (Å²) in [5.74, 6) is -0.118. The number of fused-ring (bicyclic) bond motifs is 1. The van der Waals surface area contributed by atoms with Crippen LogP contribution in [0.15, 0.2) is 53.5 Å². The predicted molar refractivity (Wildman–Crippen MR) is 120 cm³/mol. The highest BCUT2D eigenvalue weighted by Crippen LogP contribution is 2.37. The number of nitrogens with one attached hydrogen (secondary N) is 1. The van der Waals surface area contributed by atoms with Crippen LogP contribution in [0.2, 0.25) is 5.02 Å². The number of rotatable bonds is 3. The molecule has 1 fully saturated rings. The van der Waals surface area contributed by atoms with Gasteiger partial charge in [-0.2, -0.15) is 5.10 Å². The number of aromatic amines is 1. The van der Waals surface area contributed by atoms with E-state index in [0.717, 1.165) is 29.9 Å². The quantitative estimate of drug-likeness (QED) is 0.506. The molecule has 0 saturated carbocycles. The van der Waals surface area contributed by atoms with Gasteiger partial charge >= 0.3 is 0 Å². The minimum atomic E-state index is -0.425. The Kier molecular flexibility index (Phi) is 4.51. The summed E-state index contributed by atoms with van der Waals surface area (Å²) >= 11 is 6.54. The summed E-state index contributed by atoms with van der Waals surface area (Å²) in [6.45, 7) is 4.01. The Labute approximate surface area is 178 Å². The second-order valence-corrected chi connectivity index (χ2v) is 8.06. The first-order valence-electron chi connectivity index (χ1n) is 9.98. The van der Waals surface area contributed by atoms with Crippen molar-refractivity contribution in [3.63, 3.8) is 0 Å². The Morgan fingerprint density at radius 3 is 2.50 bits per heavy atom. The predicted octanol–water partition coefficient (Wildman–Crippen LogP) is 4.65. The Balaban J connectivity index is 1.64. The molecule has 0 aliphatic carbocycles. The van der Waals surface area contributed by atoms with Crippen molar-refractivity contribution in [3.05, 3.63) is 69.7 Å². The molecular weight excluding hydrogens is 400 g/mol. The number of anilines is 1. The molecule has 0 amide bonds. The van der Waals surface area contributed by atoms with E-state index in [4.69, 9.17) is 11.6 Å². The third kappa shape index (κ3) is 3.04. The standard InChI is InChI=1S/C23H21ClN4O2/c1-14-8-9-25-28(14)21-22(29)18-12-17(19(24)13-20(18)26-23(21)30)15-4-6-16(7-5-15)27-10-2-3-11-27/h4-9,12-13H,2-3,10-11H2,1H3,(H2,26,29,30). The molecule has 4 aromatic rings. The Morgan fingerprint density at radius 1 is 1.10 bits per heavy atom. The van der Waals surface area contributed by atoms with Crippen molar-refractivity contribution in [1.29, 1.82) is 0 Å². The highest BCUT2D eigenvalue weighted by molar-refractivity contribution is 6.34. The first-order chi connectivity index (χ1) is 14.5. The average molecular weight is 421 g/mol. The lowest BCUT2D eigenvalue weighted by molar-refractivity contribution is 0.474. The molecule has 1 aliphatic heterocycles. The highest BCUT2D eigenvalue weighted by atomic mass is 35.5. The van der Waals surface area contributed by atoms with Gasteiger partial charge in [0.25, 0.3) is 5.56 Å². The third-order valence-electron chi connectivity index (χ3n) is 5.74. The lowest BCUT2D eigenvalue weighted by atomic mass is 10.0. The van der Waals surface area contributed by atoms with E-state index in [1.165, 1.54) is 23.2 Å². The van der Waals surface area contributed by atoms with E-state index in [9.17, 15) is 9.90 Å². The summed E-state index contributed by atoms with van der Waals surface area (Å²) < 4.78 is 1.44. The second kappa shape index (κ2) is 7.22. The number of aryl methyl sites for hydroxylation is 1. The van der Waals surface area contributed by atoms with Gasteiger partial charge in [0.15, 0.2) is 11.4 Å². The number of nitrogens with zero attached hydrogens (tertiary/aromatic N) is 3. The number of H-pyrrole nitrogens is 1. The molecule has 0 spiro atoms. The van der Waals surface area contributed by atoms with Gasteiger partial charge in [0, 0.05) is 41.6 Å². The van der Waals surface area contributed by atoms with Crippen molar-refractivity contribution >= 4 is 28.2 Å². The highest BCUT2D eigenvalue weighted by Gasteiger charge is 2.18. The molecule has 2 aromatic carbocycles. The zero-order valence-electron chi connectivity index (χ0n) is 16.5. The van der Waals surface area contributed by atoms with Crippen LogP contribution in [0.25, 0.3) is 27.7 Å². The molecule has 0 radical (unpaired) electrons. The van der Waals surface area contributed by atoms with E-state index in [0.29, 0.717) is 15.9 Å². The normalized spacial score (nSPS) is 14.0. The summed E-state index contributed by atoms with van der Waals surface area (Å²) in [5.41, 5.74) is 3.86. The molecule has 6 nitrogen and oxygen atoms in total. The molecule has 152 valence electrons. The van der Waals surface area contributed by atoms with E-state index in [2.05, 4.69) is 27.1 Å². The Morgan fingerprint density at radius 2 is 1.83 bits per heavy atom. The summed E-state index contributed by atoms with van der Waals surface area (Å²) in [6, 6.07) is 13.6. The molecular formula is C23H21ClN4O2. The number of hydrogen-bond acceptors (Lipinski definition) is 4. The summed E-state index contributed by atoms with van der Waals surface area (Å²) in [6.07, 6.45) is 4.05. The number of aromatic hydroxyl groups is 1. The van der Waals surface area contributed by atoms with Crippen LogP contribution >= 0.6 is 11.6 Å². The van der Waals surface area contributed by atoms with E-state index in [1.807, 2.05) is 25.1 Å². The Bertz CT molecular complexity index is 1300. The minimum Gasteiger partial charge on any atom is -0.505 e. The first kappa shape index (κ1) is 18.8. The minimum absolute atomic E-state index is 0.0997. The van der Waals surface area contributed by atoms with Crippen LogP contribution in [0.3, 0.4) is 0 Å². The summed E-state index contributed by atoms with van der Waals surface area (Å²) in [7, 11) is 0. The zero-order chi connectivity index (χ0) is 20.8. The number of aromatic nitrogens is 3. The second-order valence-electron chi connectivity index (χ2n) is 7.65. The molecule has 0 atom stereocenters. The lowest BCUT2D eigenvalue weighted by Crippen LogP contribution is -2.17. The van der Waals surface area contributed by atoms with Crippen molar-refractivity contribution in [2.24, 2.45) is 0 Å². The Hall–Kier alpha value is -3.25. The fraction of sp³-hybridized carbons (Fsp3) is 0.217. The van der Waals surface area contributed by atoms with Crippen molar-refractivity contribution < 1.29 is 5.11 Å². The van der Waals surface area contributed by atoms with E-state index in [-0.39, 0.29) is 11.4 Å². The molecule has 5 rings (SSSR count). The van der Waals surface area contributed by atoms with Gasteiger partial charge in [-0.3, -0.25) is 4.79 Å². The van der Waals surface area contributed by atoms with Crippen LogP contribution in [0, 0.1) is 6.92 Å². The first-order valence-corrected chi connectivity index (χ1v) is 10.4. The maximum absolute atomic E-state index is 12.6. The van der Waals surface area contributed by atoms with Gasteiger partial charge in [-0.25, -0.2) is 4.68 Å². The molecule has 2 aromatic heterocycles. The third-order valence-corrected chi connectivity index (χ3v) is 6.06. The molecule has 0 bridgehead atoms. The van der Waals surface area contributed by atoms with Crippen LogP contribution in [-0.2, 0) is 0 Å². The number of pyridine rings is 1. The van der Waals surface area contributed by atoms with Crippen LogP contribution in [0.5, 0.6) is 5.75 Å². The smallest absolute Gasteiger partial charge is 0.278 e. The van der Waals surface area contributed by atoms with Crippen LogP contribution in [0.4, 0.5) is 5.69 Å². The largest absolute Gasteiger partial charge is 0.505 e. The summed E-state index contributed by atoms with van der Waals surface area (Å²) in [5, 5.41) is 16.1. The monoisotopic (exact) mass is 420 g/mol. The van der Waals surface area contributed by atoms with Crippen molar-refractivity contribution in [3.8, 4) is 22.6 Å². The van der Waals surface area contributed by atoms with E-state index >= 15 is 0 Å². The molecule has 2 N–H and O–H groups in total. The van der Waals surface area contributed by atoms with Gasteiger partial charge in [-0.15, -0.1) is 0 Å². The van der Waals surface area contributed by atoms with Crippen molar-refractivity contribution in [2.75, 3.05) is 18.0 Å². The average Bonchev–Trinajstić information content (AvgIpc) is 3.40. The van der Waals surface area contributed by atoms with Crippen LogP contribution < -0.4 is 10.5 Å². The van der Waals surface area contributed by atoms with E-state index < -0.39 is 5.56 Å². The molecule has 3 heterocycles. The van der Waals surface area contributed by atoms with E-state index in [1.54, 1.807) is 18.3 Å². The van der Waals surface area contributed by atoms with Crippen LogP contribution in [-0.4, -0.2) is 33.0 Å². The molecule has 1 aliphatic rings. The number of hydrogen-bond donors (Lipinski definition) is 2. The van der Waals surface area contributed by atoms with Crippen molar-refractivity contribution in [2.45, 2.75) is 19.8 Å². The molecule has 7 heteroatoms. The lowest BCUT2D eigenvalue weighted by Gasteiger charge is -2.18. The van der Waals surface area contributed by atoms with Crippen molar-refractivity contribution in [1.82, 2.24) is 14.8 Å². The summed E-state index contributed by atoms with van der Waals surface area (Å²) in [4.78, 5) is 17.8. The molecule has 30 heavy (non-hydrogen) atoms. The van der Waals surface area contributed by atoms with Gasteiger partial charge in [0.2, 0.25) is 0 Å². The fourth-order valence-corrected chi connectivity index (χ4v) is 4.41. The SMILES string of the molecule is Cc1ccnn1-c1c(O)c2cc(-c3ccc(N4CCCC4)cc3)c(Cl)cc2[nH]c1=O. The molecule has 1 saturated heterocycles. The zero-order valence-corrected chi connectivity index (χ0v) is 17.3. The van der Waals surface area contributed by atoms with Gasteiger partial charge in [0.05, 0.1) is 10.5 Å². The van der Waals surface area contributed by atoms with Gasteiger partial charge in [-0.05, 0) is 55.7 Å². The topological polar surface area (TPSA) is 74.2 Å². The van der Waals surface area contributed by atoms with Crippen LogP contribution in [0.1, 0.15) is 18.5 Å². The van der Waals surface area contributed by atoms with Gasteiger partial charge in [0.1, 0.15) is 0 Å². The fourth-order valence-electron chi connectivity index (χ4n) is 4.14. The number of benzene rings is 2. The number of halogens is 1. The van der Waals surface area contributed by atoms with Gasteiger partial charge in [-0.1, -0.05) is 23.7 Å². The van der Waals surface area contributed by atoms with Gasteiger partial charge < -0.3 is 15.0 Å².